The minimum absolute atomic E-state index is 0.381. The monoisotopic (exact) mass is 263 g/mol. The number of benzene rings is 1. The van der Waals surface area contributed by atoms with Gasteiger partial charge in [-0.05, 0) is 49.2 Å². The molecule has 1 aromatic heterocycles. The Morgan fingerprint density at radius 2 is 2.17 bits per heavy atom. The molecule has 0 fully saturated rings. The van der Waals surface area contributed by atoms with Crippen molar-refractivity contribution in [3.8, 4) is 0 Å². The highest BCUT2D eigenvalue weighted by Gasteiger charge is 2.06. The molecule has 0 aliphatic rings. The van der Waals surface area contributed by atoms with Crippen LogP contribution in [0.15, 0.2) is 41.0 Å². The topological polar surface area (TPSA) is 25.2 Å². The minimum Gasteiger partial charge on any atom is -0.469 e. The van der Waals surface area contributed by atoms with Gasteiger partial charge in [-0.15, -0.1) is 0 Å². The summed E-state index contributed by atoms with van der Waals surface area (Å²) in [6.45, 7) is 5.10. The molecule has 18 heavy (non-hydrogen) atoms. The van der Waals surface area contributed by atoms with Crippen LogP contribution in [0.25, 0.3) is 0 Å². The predicted molar refractivity (Wildman–Crippen MR) is 74.9 cm³/mol. The van der Waals surface area contributed by atoms with Gasteiger partial charge in [0, 0.05) is 24.0 Å². The summed E-state index contributed by atoms with van der Waals surface area (Å²) in [4.78, 5) is 0. The highest BCUT2D eigenvalue weighted by Crippen LogP contribution is 2.15. The molecule has 0 radical (unpaired) electrons. The normalized spacial score (nSPS) is 12.6. The Kier molecular flexibility index (Phi) is 4.45. The lowest BCUT2D eigenvalue weighted by Gasteiger charge is -2.14. The summed E-state index contributed by atoms with van der Waals surface area (Å²) in [6.07, 6.45) is 2.62. The SMILES string of the molecule is Cc1cc(Cl)ccc1CNC(C)Cc1ccco1. The third-order valence-corrected chi connectivity index (χ3v) is 3.27. The van der Waals surface area contributed by atoms with Crippen molar-refractivity contribution in [1.82, 2.24) is 5.32 Å². The Morgan fingerprint density at radius 1 is 1.33 bits per heavy atom. The van der Waals surface area contributed by atoms with Gasteiger partial charge in [0.1, 0.15) is 5.76 Å². The molecule has 0 saturated carbocycles. The molecular weight excluding hydrogens is 246 g/mol. The van der Waals surface area contributed by atoms with Crippen molar-refractivity contribution in [3.05, 3.63) is 58.5 Å². The highest BCUT2D eigenvalue weighted by molar-refractivity contribution is 6.30. The molecule has 96 valence electrons. The molecule has 0 amide bonds. The van der Waals surface area contributed by atoms with Gasteiger partial charge in [0.15, 0.2) is 0 Å². The fraction of sp³-hybridized carbons (Fsp3) is 0.333. The van der Waals surface area contributed by atoms with Gasteiger partial charge in [-0.3, -0.25) is 0 Å². The van der Waals surface area contributed by atoms with E-state index in [2.05, 4.69) is 25.2 Å². The first-order valence-corrected chi connectivity index (χ1v) is 6.54. The molecule has 1 heterocycles. The van der Waals surface area contributed by atoms with E-state index in [1.54, 1.807) is 6.26 Å². The third-order valence-electron chi connectivity index (χ3n) is 3.03. The number of rotatable bonds is 5. The Bertz CT molecular complexity index is 493. The summed E-state index contributed by atoms with van der Waals surface area (Å²) < 4.78 is 5.34. The van der Waals surface area contributed by atoms with Crippen LogP contribution in [0.1, 0.15) is 23.8 Å². The molecule has 1 aromatic carbocycles. The summed E-state index contributed by atoms with van der Waals surface area (Å²) in [5.41, 5.74) is 2.51. The van der Waals surface area contributed by atoms with Crippen molar-refractivity contribution in [2.75, 3.05) is 0 Å². The van der Waals surface area contributed by atoms with Crippen molar-refractivity contribution < 1.29 is 4.42 Å². The maximum absolute atomic E-state index is 5.94. The van der Waals surface area contributed by atoms with Crippen LogP contribution in [0.3, 0.4) is 0 Å². The van der Waals surface area contributed by atoms with E-state index >= 15 is 0 Å². The number of hydrogen-bond acceptors (Lipinski definition) is 2. The average Bonchev–Trinajstić information content (AvgIpc) is 2.80. The maximum Gasteiger partial charge on any atom is 0.105 e. The fourth-order valence-electron chi connectivity index (χ4n) is 1.94. The molecule has 2 aromatic rings. The first-order valence-electron chi connectivity index (χ1n) is 6.16. The van der Waals surface area contributed by atoms with E-state index in [9.17, 15) is 0 Å². The predicted octanol–water partition coefficient (Wildman–Crippen LogP) is 3.96. The van der Waals surface area contributed by atoms with E-state index in [-0.39, 0.29) is 0 Å². The van der Waals surface area contributed by atoms with Gasteiger partial charge in [-0.1, -0.05) is 17.7 Å². The van der Waals surface area contributed by atoms with E-state index in [0.717, 1.165) is 23.7 Å². The molecule has 1 unspecified atom stereocenters. The average molecular weight is 264 g/mol. The van der Waals surface area contributed by atoms with Crippen LogP contribution in [-0.2, 0) is 13.0 Å². The number of furan rings is 1. The van der Waals surface area contributed by atoms with E-state index in [0.29, 0.717) is 6.04 Å². The van der Waals surface area contributed by atoms with Gasteiger partial charge in [-0.25, -0.2) is 0 Å². The minimum atomic E-state index is 0.381. The number of nitrogens with one attached hydrogen (secondary N) is 1. The number of hydrogen-bond donors (Lipinski definition) is 1. The van der Waals surface area contributed by atoms with Gasteiger partial charge in [0.05, 0.1) is 6.26 Å². The van der Waals surface area contributed by atoms with E-state index in [4.69, 9.17) is 16.0 Å². The molecule has 1 atom stereocenters. The van der Waals surface area contributed by atoms with Crippen molar-refractivity contribution in [3.63, 3.8) is 0 Å². The molecule has 0 bridgehead atoms. The second-order valence-electron chi connectivity index (χ2n) is 4.64. The van der Waals surface area contributed by atoms with Gasteiger partial charge < -0.3 is 9.73 Å². The zero-order chi connectivity index (χ0) is 13.0. The molecule has 0 aliphatic heterocycles. The molecule has 3 heteroatoms. The standard InChI is InChI=1S/C15H18ClNO/c1-11-8-14(16)6-5-13(11)10-17-12(2)9-15-4-3-7-18-15/h3-8,12,17H,9-10H2,1-2H3. The van der Waals surface area contributed by atoms with Crippen LogP contribution in [-0.4, -0.2) is 6.04 Å². The second-order valence-corrected chi connectivity index (χ2v) is 5.07. The van der Waals surface area contributed by atoms with E-state index in [1.807, 2.05) is 24.3 Å². The van der Waals surface area contributed by atoms with Crippen LogP contribution in [0.2, 0.25) is 5.02 Å². The van der Waals surface area contributed by atoms with Crippen LogP contribution < -0.4 is 5.32 Å². The lowest BCUT2D eigenvalue weighted by molar-refractivity contribution is 0.456. The maximum atomic E-state index is 5.94. The van der Waals surface area contributed by atoms with E-state index < -0.39 is 0 Å². The molecule has 0 aliphatic carbocycles. The zero-order valence-electron chi connectivity index (χ0n) is 10.7. The van der Waals surface area contributed by atoms with Crippen LogP contribution in [0.4, 0.5) is 0 Å². The van der Waals surface area contributed by atoms with Crippen LogP contribution in [0.5, 0.6) is 0 Å². The van der Waals surface area contributed by atoms with Gasteiger partial charge in [0.25, 0.3) is 0 Å². The summed E-state index contributed by atoms with van der Waals surface area (Å²) in [7, 11) is 0. The number of aryl methyl sites for hydroxylation is 1. The van der Waals surface area contributed by atoms with Crippen molar-refractivity contribution >= 4 is 11.6 Å². The summed E-state index contributed by atoms with van der Waals surface area (Å²) in [6, 6.07) is 10.3. The number of halogens is 1. The van der Waals surface area contributed by atoms with Gasteiger partial charge >= 0.3 is 0 Å². The molecule has 0 saturated heterocycles. The van der Waals surface area contributed by atoms with Gasteiger partial charge in [0.2, 0.25) is 0 Å². The summed E-state index contributed by atoms with van der Waals surface area (Å²) >= 11 is 5.94. The Hall–Kier alpha value is -1.25. The molecule has 1 N–H and O–H groups in total. The lowest BCUT2D eigenvalue weighted by atomic mass is 10.1. The Morgan fingerprint density at radius 3 is 2.83 bits per heavy atom. The van der Waals surface area contributed by atoms with Gasteiger partial charge in [-0.2, -0.15) is 0 Å². The first kappa shape index (κ1) is 13.2. The van der Waals surface area contributed by atoms with Crippen molar-refractivity contribution in [1.29, 1.82) is 0 Å². The molecule has 2 nitrogen and oxygen atoms in total. The lowest BCUT2D eigenvalue weighted by Crippen LogP contribution is -2.27. The Balaban J connectivity index is 1.87. The second kappa shape index (κ2) is 6.07. The largest absolute Gasteiger partial charge is 0.469 e. The van der Waals surface area contributed by atoms with Crippen LogP contribution in [0, 0.1) is 6.92 Å². The molecular formula is C15H18ClNO. The quantitative estimate of drug-likeness (QED) is 0.883. The van der Waals surface area contributed by atoms with Crippen LogP contribution >= 0.6 is 11.6 Å². The smallest absolute Gasteiger partial charge is 0.105 e. The summed E-state index contributed by atoms with van der Waals surface area (Å²) in [5, 5.41) is 4.29. The van der Waals surface area contributed by atoms with Crippen molar-refractivity contribution in [2.45, 2.75) is 32.9 Å². The highest BCUT2D eigenvalue weighted by atomic mass is 35.5. The molecule has 2 rings (SSSR count). The molecule has 0 spiro atoms. The fourth-order valence-corrected chi connectivity index (χ4v) is 2.17. The zero-order valence-corrected chi connectivity index (χ0v) is 11.5. The third kappa shape index (κ3) is 3.62. The van der Waals surface area contributed by atoms with E-state index in [1.165, 1.54) is 11.1 Å². The van der Waals surface area contributed by atoms with Crippen molar-refractivity contribution in [2.24, 2.45) is 0 Å². The first-order chi connectivity index (χ1) is 8.65. The summed E-state index contributed by atoms with van der Waals surface area (Å²) in [5.74, 6) is 1.02. The Labute approximate surface area is 113 Å².